The highest BCUT2D eigenvalue weighted by molar-refractivity contribution is 5.89. The second kappa shape index (κ2) is 8.11. The lowest BCUT2D eigenvalue weighted by atomic mass is 9.96. The summed E-state index contributed by atoms with van der Waals surface area (Å²) in [6.45, 7) is 0.390. The summed E-state index contributed by atoms with van der Waals surface area (Å²) < 4.78 is 0. The number of amides is 1. The maximum atomic E-state index is 11.6. The lowest BCUT2D eigenvalue weighted by molar-refractivity contribution is -0.136. The summed E-state index contributed by atoms with van der Waals surface area (Å²) in [5.41, 5.74) is 5.19. The number of aliphatic hydroxyl groups excluding tert-OH is 4. The molecule has 106 valence electrons. The largest absolute Gasteiger partial charge is 0.394 e. The molecule has 0 aliphatic rings. The van der Waals surface area contributed by atoms with Crippen LogP contribution < -0.4 is 11.1 Å². The van der Waals surface area contributed by atoms with Gasteiger partial charge in [-0.2, -0.15) is 0 Å². The van der Waals surface area contributed by atoms with E-state index in [-0.39, 0.29) is 13.0 Å². The molecule has 0 fully saturated rings. The van der Waals surface area contributed by atoms with E-state index in [1.807, 2.05) is 0 Å². The minimum Gasteiger partial charge on any atom is -0.394 e. The number of rotatable bonds is 8. The summed E-state index contributed by atoms with van der Waals surface area (Å²) in [5, 5.41) is 39.2. The van der Waals surface area contributed by atoms with Crippen molar-refractivity contribution in [3.05, 3.63) is 0 Å². The van der Waals surface area contributed by atoms with Crippen LogP contribution in [0.2, 0.25) is 0 Å². The zero-order valence-corrected chi connectivity index (χ0v) is 10.1. The van der Waals surface area contributed by atoms with Crippen LogP contribution in [0.3, 0.4) is 0 Å². The van der Waals surface area contributed by atoms with Gasteiger partial charge in [-0.1, -0.05) is 0 Å². The van der Waals surface area contributed by atoms with Crippen molar-refractivity contribution < 1.29 is 30.0 Å². The van der Waals surface area contributed by atoms with Crippen LogP contribution in [-0.4, -0.2) is 69.6 Å². The maximum absolute atomic E-state index is 11.6. The molecule has 7 N–H and O–H groups in total. The van der Waals surface area contributed by atoms with Crippen molar-refractivity contribution in [1.82, 2.24) is 5.32 Å². The summed E-state index contributed by atoms with van der Waals surface area (Å²) in [6.07, 6.45) is -5.19. The van der Waals surface area contributed by atoms with Gasteiger partial charge in [0.15, 0.2) is 5.78 Å². The predicted molar refractivity (Wildman–Crippen MR) is 61.4 cm³/mol. The highest BCUT2D eigenvalue weighted by Gasteiger charge is 2.35. The van der Waals surface area contributed by atoms with Crippen LogP contribution in [0.5, 0.6) is 0 Å². The van der Waals surface area contributed by atoms with E-state index in [1.54, 1.807) is 0 Å². The number of hydrogen-bond donors (Lipinski definition) is 6. The second-order valence-corrected chi connectivity index (χ2v) is 3.91. The van der Waals surface area contributed by atoms with Crippen LogP contribution in [0.4, 0.5) is 0 Å². The van der Waals surface area contributed by atoms with Gasteiger partial charge in [-0.05, 0) is 6.54 Å². The van der Waals surface area contributed by atoms with Crippen LogP contribution in [-0.2, 0) is 9.59 Å². The molecule has 0 heterocycles. The van der Waals surface area contributed by atoms with Crippen molar-refractivity contribution in [3.63, 3.8) is 0 Å². The topological polar surface area (TPSA) is 153 Å². The molecular formula is C10H20N2O6. The van der Waals surface area contributed by atoms with E-state index < -0.39 is 42.7 Å². The lowest BCUT2D eigenvalue weighted by Gasteiger charge is -2.28. The Labute approximate surface area is 104 Å². The van der Waals surface area contributed by atoms with Gasteiger partial charge >= 0.3 is 0 Å². The third-order valence-corrected chi connectivity index (χ3v) is 2.37. The SMILES string of the molecule is CC(=O)N[C@@H](C(=O)CCN)[C@@H](O)[C@H](O)[C@H](O)CO. The molecule has 0 unspecified atom stereocenters. The van der Waals surface area contributed by atoms with E-state index in [0.29, 0.717) is 0 Å². The van der Waals surface area contributed by atoms with Crippen LogP contribution >= 0.6 is 0 Å². The average Bonchev–Trinajstić information content (AvgIpc) is 2.33. The number of carbonyl (C=O) groups is 2. The van der Waals surface area contributed by atoms with Crippen molar-refractivity contribution in [3.8, 4) is 0 Å². The first-order valence-electron chi connectivity index (χ1n) is 5.50. The van der Waals surface area contributed by atoms with Gasteiger partial charge in [0.25, 0.3) is 0 Å². The molecule has 8 heteroatoms. The van der Waals surface area contributed by atoms with E-state index in [1.165, 1.54) is 0 Å². The molecule has 0 aliphatic carbocycles. The van der Waals surface area contributed by atoms with Crippen molar-refractivity contribution in [2.45, 2.75) is 37.7 Å². The third-order valence-electron chi connectivity index (χ3n) is 2.37. The van der Waals surface area contributed by atoms with E-state index >= 15 is 0 Å². The van der Waals surface area contributed by atoms with Crippen LogP contribution in [0.1, 0.15) is 13.3 Å². The molecule has 1 amide bonds. The number of nitrogens with two attached hydrogens (primary N) is 1. The highest BCUT2D eigenvalue weighted by Crippen LogP contribution is 2.07. The Morgan fingerprint density at radius 1 is 1.22 bits per heavy atom. The molecule has 0 aromatic carbocycles. The number of carbonyl (C=O) groups excluding carboxylic acids is 2. The minimum absolute atomic E-state index is 0.0281. The molecule has 0 saturated heterocycles. The fourth-order valence-electron chi connectivity index (χ4n) is 1.41. The van der Waals surface area contributed by atoms with Crippen LogP contribution in [0, 0.1) is 0 Å². The number of ketones is 1. The van der Waals surface area contributed by atoms with Gasteiger partial charge in [-0.15, -0.1) is 0 Å². The number of hydrogen-bond acceptors (Lipinski definition) is 7. The molecule has 0 rings (SSSR count). The van der Waals surface area contributed by atoms with Crippen molar-refractivity contribution in [2.75, 3.05) is 13.2 Å². The van der Waals surface area contributed by atoms with E-state index in [2.05, 4.69) is 5.32 Å². The Bertz CT molecular complexity index is 286. The van der Waals surface area contributed by atoms with Gasteiger partial charge in [0, 0.05) is 13.3 Å². The minimum atomic E-state index is -1.76. The first-order valence-corrected chi connectivity index (χ1v) is 5.50. The Hall–Kier alpha value is -1.06. The summed E-state index contributed by atoms with van der Waals surface area (Å²) in [7, 11) is 0. The first-order chi connectivity index (χ1) is 8.34. The summed E-state index contributed by atoms with van der Waals surface area (Å²) in [4.78, 5) is 22.6. The first kappa shape index (κ1) is 16.9. The fourth-order valence-corrected chi connectivity index (χ4v) is 1.41. The Morgan fingerprint density at radius 3 is 2.17 bits per heavy atom. The molecule has 0 saturated carbocycles. The Morgan fingerprint density at radius 2 is 1.78 bits per heavy atom. The maximum Gasteiger partial charge on any atom is 0.217 e. The molecule has 18 heavy (non-hydrogen) atoms. The Balaban J connectivity index is 4.83. The number of aliphatic hydroxyl groups is 4. The molecule has 0 aromatic heterocycles. The zero-order valence-electron chi connectivity index (χ0n) is 10.1. The molecule has 0 radical (unpaired) electrons. The molecule has 0 spiro atoms. The molecular weight excluding hydrogens is 244 g/mol. The summed E-state index contributed by atoms with van der Waals surface area (Å²) >= 11 is 0. The van der Waals surface area contributed by atoms with Crippen molar-refractivity contribution in [1.29, 1.82) is 0 Å². The van der Waals surface area contributed by atoms with Gasteiger partial charge in [0.1, 0.15) is 24.4 Å². The number of nitrogens with one attached hydrogen (secondary N) is 1. The normalized spacial score (nSPS) is 17.7. The predicted octanol–water partition coefficient (Wildman–Crippen LogP) is -3.52. The van der Waals surface area contributed by atoms with E-state index in [9.17, 15) is 24.9 Å². The van der Waals surface area contributed by atoms with Crippen molar-refractivity contribution >= 4 is 11.7 Å². The average molecular weight is 264 g/mol. The molecule has 4 atom stereocenters. The molecule has 0 aromatic rings. The molecule has 0 bridgehead atoms. The van der Waals surface area contributed by atoms with Gasteiger partial charge in [-0.3, -0.25) is 9.59 Å². The van der Waals surface area contributed by atoms with Gasteiger partial charge in [0.2, 0.25) is 5.91 Å². The van der Waals surface area contributed by atoms with Crippen LogP contribution in [0.25, 0.3) is 0 Å². The lowest BCUT2D eigenvalue weighted by Crippen LogP contribution is -2.56. The van der Waals surface area contributed by atoms with Crippen LogP contribution in [0.15, 0.2) is 0 Å². The van der Waals surface area contributed by atoms with Crippen molar-refractivity contribution in [2.24, 2.45) is 5.73 Å². The highest BCUT2D eigenvalue weighted by atomic mass is 16.4. The quantitative estimate of drug-likeness (QED) is 0.266. The van der Waals surface area contributed by atoms with Gasteiger partial charge < -0.3 is 31.5 Å². The van der Waals surface area contributed by atoms with E-state index in [0.717, 1.165) is 6.92 Å². The summed E-state index contributed by atoms with van der Waals surface area (Å²) in [6, 6.07) is -1.37. The Kier molecular flexibility index (Phi) is 7.64. The molecule has 8 nitrogen and oxygen atoms in total. The fraction of sp³-hybridized carbons (Fsp3) is 0.800. The summed E-state index contributed by atoms with van der Waals surface area (Å²) in [5.74, 6) is -1.14. The van der Waals surface area contributed by atoms with Gasteiger partial charge in [0.05, 0.1) is 6.61 Å². The monoisotopic (exact) mass is 264 g/mol. The standard InChI is InChI=1S/C10H20N2O6/c1-5(14)12-8(6(15)2-3-11)10(18)9(17)7(16)4-13/h7-10,13,16-18H,2-4,11H2,1H3,(H,12,14)/t7-,8+,9-,10-/m1/s1. The number of Topliss-reactive ketones (excluding diaryl/α,β-unsaturated/α-hetero) is 1. The third kappa shape index (κ3) is 5.07. The van der Waals surface area contributed by atoms with E-state index in [4.69, 9.17) is 10.8 Å². The smallest absolute Gasteiger partial charge is 0.217 e. The van der Waals surface area contributed by atoms with Gasteiger partial charge in [-0.25, -0.2) is 0 Å². The second-order valence-electron chi connectivity index (χ2n) is 3.91. The molecule has 0 aliphatic heterocycles. The zero-order chi connectivity index (χ0) is 14.3.